The smallest absolute Gasteiger partial charge is 0.245 e. The SMILES string of the molecule is CC(=O)N[C@@H](CCC(N)=O)C(=O)N[C@@H](CS)C(=O)N[C@@H](CCCCN)C(=O)N[C@@H](Cc1ccccc1)C(=O)N[C@@H](Cc1ccccc1)C(=O)N[C@@H](CCCNC(=N)N)C(=O)N[C@@H](CO)C(=O)N[C@@H](C)C(=O)N[C@@H](CS)C(=O)N[C@@H](CO)C(N)=O. The van der Waals surface area contributed by atoms with Crippen LogP contribution in [0.15, 0.2) is 60.7 Å². The first-order valence-corrected chi connectivity index (χ1v) is 28.0. The van der Waals surface area contributed by atoms with E-state index in [0.717, 1.165) is 6.92 Å². The van der Waals surface area contributed by atoms with Crippen molar-refractivity contribution in [2.75, 3.05) is 37.8 Å². The number of hydrogen-bond donors (Lipinski definition) is 20. The molecule has 32 heteroatoms. The van der Waals surface area contributed by atoms with Gasteiger partial charge >= 0.3 is 0 Å². The average Bonchev–Trinajstić information content (AvgIpc) is 3.57. The Morgan fingerprint density at radius 2 is 0.845 bits per heavy atom. The normalized spacial score (nSPS) is 14.4. The van der Waals surface area contributed by atoms with Gasteiger partial charge in [-0.15, -0.1) is 0 Å². The van der Waals surface area contributed by atoms with Gasteiger partial charge in [0.15, 0.2) is 5.96 Å². The maximum Gasteiger partial charge on any atom is 0.245 e. The Morgan fingerprint density at radius 3 is 1.25 bits per heavy atom. The standard InChI is InChI=1S/C52H80N16O14S2/c1-28(43(74)67-39(26-83)51(82)65-37(24-69)42(55)73)59-49(80)38(25-70)66-45(76)33(17-11-21-58-52(56)57)61-47(78)35(22-30-12-5-3-6-13-30)64-48(79)36(23-31-14-7-4-8-15-31)63-44(75)32(16-9-10-20-53)62-50(81)40(27-84)68-46(77)34(60-29(2)71)18-19-41(54)72/h3-8,12-15,28,32-40,69-70,83-84H,9-11,16-27,53H2,1-2H3,(H2,54,72)(H2,55,73)(H,59,80)(H,60,71)(H,61,78)(H,62,81)(H,63,75)(H,64,79)(H,65,82)(H,66,76)(H,67,74)(H,68,77)(H4,56,57,58)/t28-,32-,33-,34-,35-,36-,37-,38-,39-,40-/m0/s1. The fraction of sp³-hybridized carbons (Fsp3) is 0.519. The van der Waals surface area contributed by atoms with Crippen molar-refractivity contribution in [1.82, 2.24) is 58.5 Å². The molecule has 22 N–H and O–H groups in total. The van der Waals surface area contributed by atoms with Crippen LogP contribution >= 0.6 is 25.3 Å². The maximum atomic E-state index is 14.7. The Bertz CT molecular complexity index is 2560. The molecular formula is C52H80N16O14S2. The average molecular weight is 1220 g/mol. The molecule has 2 aromatic carbocycles. The molecule has 0 aliphatic carbocycles. The molecule has 10 atom stereocenters. The van der Waals surface area contributed by atoms with Crippen LogP contribution in [-0.2, 0) is 70.4 Å². The van der Waals surface area contributed by atoms with Crippen molar-refractivity contribution in [2.45, 2.75) is 132 Å². The van der Waals surface area contributed by atoms with Crippen LogP contribution in [0.2, 0.25) is 0 Å². The van der Waals surface area contributed by atoms with Crippen molar-refractivity contribution in [3.63, 3.8) is 0 Å². The molecule has 2 rings (SSSR count). The zero-order chi connectivity index (χ0) is 62.9. The summed E-state index contributed by atoms with van der Waals surface area (Å²) in [6.45, 7) is 0.762. The van der Waals surface area contributed by atoms with Crippen LogP contribution in [0.3, 0.4) is 0 Å². The third kappa shape index (κ3) is 26.9. The molecule has 0 unspecified atom stereocenters. The molecule has 0 aliphatic rings. The second-order valence-electron chi connectivity index (χ2n) is 19.3. The fourth-order valence-electron chi connectivity index (χ4n) is 7.85. The predicted molar refractivity (Wildman–Crippen MR) is 313 cm³/mol. The van der Waals surface area contributed by atoms with E-state index in [0.29, 0.717) is 24.0 Å². The lowest BCUT2D eigenvalue weighted by atomic mass is 10.0. The van der Waals surface area contributed by atoms with Crippen molar-refractivity contribution in [3.8, 4) is 0 Å². The van der Waals surface area contributed by atoms with Crippen LogP contribution in [0.1, 0.15) is 69.9 Å². The Kier molecular flexibility index (Phi) is 33.1. The van der Waals surface area contributed by atoms with Gasteiger partial charge in [0, 0.05) is 44.2 Å². The van der Waals surface area contributed by atoms with Crippen LogP contribution in [0.25, 0.3) is 0 Å². The minimum Gasteiger partial charge on any atom is -0.394 e. The number of aliphatic hydroxyl groups excluding tert-OH is 2. The van der Waals surface area contributed by atoms with Crippen molar-refractivity contribution < 1.29 is 67.7 Å². The lowest BCUT2D eigenvalue weighted by molar-refractivity contribution is -0.136. The van der Waals surface area contributed by atoms with Gasteiger partial charge in [0.25, 0.3) is 0 Å². The number of carbonyl (C=O) groups excluding carboxylic acids is 12. The predicted octanol–water partition coefficient (Wildman–Crippen LogP) is -6.65. The van der Waals surface area contributed by atoms with E-state index < -0.39 is 150 Å². The number of benzene rings is 2. The molecule has 0 bridgehead atoms. The summed E-state index contributed by atoms with van der Waals surface area (Å²) >= 11 is 8.27. The Labute approximate surface area is 496 Å². The molecular weight excluding hydrogens is 1140 g/mol. The molecule has 0 radical (unpaired) electrons. The highest BCUT2D eigenvalue weighted by Crippen LogP contribution is 2.11. The summed E-state index contributed by atoms with van der Waals surface area (Å²) in [5, 5.41) is 54.5. The summed E-state index contributed by atoms with van der Waals surface area (Å²) in [7, 11) is 0. The number of aliphatic hydroxyl groups is 2. The second kappa shape index (κ2) is 38.7. The minimum atomic E-state index is -1.75. The van der Waals surface area contributed by atoms with Gasteiger partial charge in [0.1, 0.15) is 60.4 Å². The van der Waals surface area contributed by atoms with E-state index in [4.69, 9.17) is 28.3 Å². The van der Waals surface area contributed by atoms with E-state index in [1.807, 2.05) is 0 Å². The molecule has 0 aromatic heterocycles. The molecule has 30 nitrogen and oxygen atoms in total. The number of rotatable bonds is 39. The van der Waals surface area contributed by atoms with Gasteiger partial charge in [-0.25, -0.2) is 0 Å². The molecule has 0 heterocycles. The van der Waals surface area contributed by atoms with Gasteiger partial charge in [-0.2, -0.15) is 25.3 Å². The largest absolute Gasteiger partial charge is 0.394 e. The Morgan fingerprint density at radius 1 is 0.476 bits per heavy atom. The second-order valence-corrected chi connectivity index (χ2v) is 20.0. The highest BCUT2D eigenvalue weighted by molar-refractivity contribution is 7.80. The first-order chi connectivity index (χ1) is 39.9. The Balaban J connectivity index is 2.50. The lowest BCUT2D eigenvalue weighted by Gasteiger charge is -2.28. The Hall–Kier alpha value is -8.07. The van der Waals surface area contributed by atoms with Gasteiger partial charge < -0.3 is 91.6 Å². The number of nitrogens with two attached hydrogens (primary N) is 4. The molecule has 84 heavy (non-hydrogen) atoms. The lowest BCUT2D eigenvalue weighted by Crippen LogP contribution is -2.61. The molecule has 12 amide bonds. The molecule has 0 saturated carbocycles. The quantitative estimate of drug-likeness (QED) is 0.0128. The summed E-state index contributed by atoms with van der Waals surface area (Å²) in [5.41, 5.74) is 22.7. The van der Waals surface area contributed by atoms with Crippen LogP contribution in [0, 0.1) is 5.41 Å². The van der Waals surface area contributed by atoms with Crippen molar-refractivity contribution in [3.05, 3.63) is 71.8 Å². The van der Waals surface area contributed by atoms with E-state index >= 15 is 0 Å². The number of thiol groups is 2. The first kappa shape index (κ1) is 72.0. The summed E-state index contributed by atoms with van der Waals surface area (Å²) < 4.78 is 0. The molecule has 464 valence electrons. The monoisotopic (exact) mass is 1220 g/mol. The zero-order valence-corrected chi connectivity index (χ0v) is 48.4. The van der Waals surface area contributed by atoms with Gasteiger partial charge in [-0.1, -0.05) is 60.7 Å². The number of primary amides is 2. The van der Waals surface area contributed by atoms with Crippen LogP contribution in [0.4, 0.5) is 0 Å². The summed E-state index contributed by atoms with van der Waals surface area (Å²) in [6.07, 6.45) is -0.172. The van der Waals surface area contributed by atoms with E-state index in [1.165, 1.54) is 6.92 Å². The number of hydrogen-bond acceptors (Lipinski definition) is 18. The highest BCUT2D eigenvalue weighted by atomic mass is 32.1. The number of guanidine groups is 1. The molecule has 0 spiro atoms. The molecule has 0 fully saturated rings. The van der Waals surface area contributed by atoms with Crippen LogP contribution in [-0.4, -0.2) is 185 Å². The number of nitrogens with one attached hydrogen (secondary N) is 12. The fourth-order valence-corrected chi connectivity index (χ4v) is 8.36. The van der Waals surface area contributed by atoms with Crippen molar-refractivity contribution in [1.29, 1.82) is 5.41 Å². The third-order valence-corrected chi connectivity index (χ3v) is 13.2. The van der Waals surface area contributed by atoms with Gasteiger partial charge in [0.05, 0.1) is 13.2 Å². The topological polar surface area (TPSA) is 506 Å². The summed E-state index contributed by atoms with van der Waals surface area (Å²) in [4.78, 5) is 159. The van der Waals surface area contributed by atoms with Crippen molar-refractivity contribution >= 4 is 102 Å². The highest BCUT2D eigenvalue weighted by Gasteiger charge is 2.35. The van der Waals surface area contributed by atoms with E-state index in [-0.39, 0.29) is 69.5 Å². The third-order valence-electron chi connectivity index (χ3n) is 12.4. The van der Waals surface area contributed by atoms with E-state index in [1.54, 1.807) is 60.7 Å². The number of amides is 12. The van der Waals surface area contributed by atoms with E-state index in [2.05, 4.69) is 83.7 Å². The first-order valence-electron chi connectivity index (χ1n) is 26.7. The molecule has 0 saturated heterocycles. The summed E-state index contributed by atoms with van der Waals surface area (Å²) in [5.74, 6) is -11.7. The van der Waals surface area contributed by atoms with Crippen LogP contribution < -0.4 is 81.4 Å². The molecule has 0 aliphatic heterocycles. The van der Waals surface area contributed by atoms with Crippen molar-refractivity contribution in [2.24, 2.45) is 22.9 Å². The molecule has 2 aromatic rings. The van der Waals surface area contributed by atoms with Gasteiger partial charge in [-0.3, -0.25) is 62.9 Å². The number of unbranched alkanes of at least 4 members (excludes halogenated alkanes) is 1. The van der Waals surface area contributed by atoms with Gasteiger partial charge in [-0.05, 0) is 63.1 Å². The van der Waals surface area contributed by atoms with E-state index in [9.17, 15) is 67.7 Å². The zero-order valence-electron chi connectivity index (χ0n) is 46.7. The van der Waals surface area contributed by atoms with Gasteiger partial charge in [0.2, 0.25) is 70.9 Å². The van der Waals surface area contributed by atoms with Crippen LogP contribution in [0.5, 0.6) is 0 Å². The maximum absolute atomic E-state index is 14.7. The minimum absolute atomic E-state index is 0.00280. The summed E-state index contributed by atoms with van der Waals surface area (Å²) in [6, 6.07) is 2.43. The number of carbonyl (C=O) groups is 12.